The highest BCUT2D eigenvalue weighted by Crippen LogP contribution is 1.95. The van der Waals surface area contributed by atoms with Crippen LogP contribution in [0, 0.1) is 0 Å². The fourth-order valence-electron chi connectivity index (χ4n) is 0.878. The third kappa shape index (κ3) is 4.45. The van der Waals surface area contributed by atoms with Gasteiger partial charge in [0.15, 0.2) is 0 Å². The number of halogens is 2. The van der Waals surface area contributed by atoms with Crippen LogP contribution in [0.4, 0.5) is 0 Å². The van der Waals surface area contributed by atoms with E-state index in [1.807, 2.05) is 0 Å². The van der Waals surface area contributed by atoms with Gasteiger partial charge in [0.1, 0.15) is 0 Å². The third-order valence-electron chi connectivity index (χ3n) is 1.46. The van der Waals surface area contributed by atoms with Crippen molar-refractivity contribution in [3.63, 3.8) is 0 Å². The number of amides is 1. The summed E-state index contributed by atoms with van der Waals surface area (Å²) in [7, 11) is 0. The minimum atomic E-state index is 0. The monoisotopic (exact) mass is 201 g/mol. The number of morpholine rings is 1. The van der Waals surface area contributed by atoms with Crippen molar-refractivity contribution in [2.24, 2.45) is 0 Å². The lowest BCUT2D eigenvalue weighted by atomic mass is 10.4. The number of carbonyl (C=O) groups is 1. The van der Waals surface area contributed by atoms with Gasteiger partial charge in [-0.3, -0.25) is 4.79 Å². The molecular weight excluding hydrogens is 189 g/mol. The van der Waals surface area contributed by atoms with Gasteiger partial charge in [0.25, 0.3) is 0 Å². The summed E-state index contributed by atoms with van der Waals surface area (Å²) in [5.74, 6) is 0.151. The molecule has 0 aromatic rings. The molecule has 1 amide bonds. The molecule has 0 aromatic heterocycles. The molecule has 1 rings (SSSR count). The molecule has 0 aliphatic carbocycles. The molecule has 0 spiro atoms. The van der Waals surface area contributed by atoms with Crippen LogP contribution in [0.1, 0.15) is 6.92 Å². The topological polar surface area (TPSA) is 29.5 Å². The predicted octanol–water partition coefficient (Wildman–Crippen LogP) is 0.709. The molecular formula is C6H13Cl2NO2. The zero-order valence-corrected chi connectivity index (χ0v) is 8.04. The predicted molar refractivity (Wildman–Crippen MR) is 47.6 cm³/mol. The van der Waals surface area contributed by atoms with E-state index in [-0.39, 0.29) is 30.7 Å². The Morgan fingerprint density at radius 1 is 1.27 bits per heavy atom. The van der Waals surface area contributed by atoms with Crippen LogP contribution in [0.25, 0.3) is 0 Å². The zero-order chi connectivity index (χ0) is 6.69. The van der Waals surface area contributed by atoms with E-state index in [2.05, 4.69) is 0 Å². The summed E-state index contributed by atoms with van der Waals surface area (Å²) in [4.78, 5) is 12.5. The van der Waals surface area contributed by atoms with Crippen molar-refractivity contribution in [1.29, 1.82) is 0 Å². The first-order valence-corrected chi connectivity index (χ1v) is 3.14. The molecule has 1 aliphatic rings. The molecule has 1 aliphatic heterocycles. The number of ether oxygens (including phenoxy) is 1. The Labute approximate surface area is 78.9 Å². The first kappa shape index (κ1) is 13.6. The molecule has 11 heavy (non-hydrogen) atoms. The van der Waals surface area contributed by atoms with Crippen molar-refractivity contribution in [2.75, 3.05) is 26.3 Å². The summed E-state index contributed by atoms with van der Waals surface area (Å²) in [6, 6.07) is 0. The van der Waals surface area contributed by atoms with Gasteiger partial charge in [0, 0.05) is 20.0 Å². The van der Waals surface area contributed by atoms with E-state index < -0.39 is 0 Å². The number of nitrogens with zero attached hydrogens (tertiary/aromatic N) is 1. The van der Waals surface area contributed by atoms with Gasteiger partial charge < -0.3 is 9.64 Å². The van der Waals surface area contributed by atoms with E-state index in [1.165, 1.54) is 0 Å². The number of hydrogen-bond donors (Lipinski definition) is 0. The van der Waals surface area contributed by atoms with Gasteiger partial charge in [-0.05, 0) is 0 Å². The minimum absolute atomic E-state index is 0. The van der Waals surface area contributed by atoms with Gasteiger partial charge >= 0.3 is 0 Å². The molecule has 0 saturated carbocycles. The van der Waals surface area contributed by atoms with Crippen LogP contribution in [-0.4, -0.2) is 37.1 Å². The van der Waals surface area contributed by atoms with Crippen molar-refractivity contribution in [1.82, 2.24) is 4.90 Å². The molecule has 1 saturated heterocycles. The second kappa shape index (κ2) is 6.70. The summed E-state index contributed by atoms with van der Waals surface area (Å²) in [5.41, 5.74) is 0. The van der Waals surface area contributed by atoms with E-state index in [0.717, 1.165) is 13.1 Å². The Morgan fingerprint density at radius 2 is 1.73 bits per heavy atom. The van der Waals surface area contributed by atoms with Gasteiger partial charge in [-0.15, -0.1) is 24.8 Å². The molecule has 0 atom stereocenters. The Bertz CT molecular complexity index is 115. The highest BCUT2D eigenvalue weighted by Gasteiger charge is 2.11. The first-order valence-electron chi connectivity index (χ1n) is 3.14. The van der Waals surface area contributed by atoms with Crippen LogP contribution in [0.3, 0.4) is 0 Å². The van der Waals surface area contributed by atoms with Crippen molar-refractivity contribution < 1.29 is 9.53 Å². The lowest BCUT2D eigenvalue weighted by molar-refractivity contribution is -0.132. The average molecular weight is 202 g/mol. The second-order valence-corrected chi connectivity index (χ2v) is 2.12. The summed E-state index contributed by atoms with van der Waals surface area (Å²) in [6.45, 7) is 4.50. The number of rotatable bonds is 0. The van der Waals surface area contributed by atoms with E-state index >= 15 is 0 Å². The lowest BCUT2D eigenvalue weighted by Crippen LogP contribution is -2.39. The van der Waals surface area contributed by atoms with Crippen molar-refractivity contribution >= 4 is 30.7 Å². The summed E-state index contributed by atoms with van der Waals surface area (Å²) < 4.78 is 5.06. The van der Waals surface area contributed by atoms with Crippen LogP contribution in [0.2, 0.25) is 0 Å². The third-order valence-corrected chi connectivity index (χ3v) is 1.46. The smallest absolute Gasteiger partial charge is 0.219 e. The van der Waals surface area contributed by atoms with E-state index in [0.29, 0.717) is 13.2 Å². The minimum Gasteiger partial charge on any atom is -0.378 e. The van der Waals surface area contributed by atoms with Crippen molar-refractivity contribution in [2.45, 2.75) is 6.92 Å². The second-order valence-electron chi connectivity index (χ2n) is 2.12. The fraction of sp³-hybridized carbons (Fsp3) is 0.833. The normalized spacial score (nSPS) is 16.3. The Morgan fingerprint density at radius 3 is 2.00 bits per heavy atom. The van der Waals surface area contributed by atoms with Gasteiger partial charge in [-0.2, -0.15) is 0 Å². The molecule has 0 N–H and O–H groups in total. The van der Waals surface area contributed by atoms with Crippen LogP contribution in [0.15, 0.2) is 0 Å². The largest absolute Gasteiger partial charge is 0.378 e. The molecule has 3 nitrogen and oxygen atoms in total. The molecule has 5 heteroatoms. The van der Waals surface area contributed by atoms with Crippen LogP contribution >= 0.6 is 24.8 Å². The highest BCUT2D eigenvalue weighted by atomic mass is 35.5. The maximum atomic E-state index is 10.7. The maximum Gasteiger partial charge on any atom is 0.219 e. The molecule has 0 radical (unpaired) electrons. The van der Waals surface area contributed by atoms with Crippen LogP contribution in [-0.2, 0) is 9.53 Å². The van der Waals surface area contributed by atoms with Gasteiger partial charge in [0.2, 0.25) is 5.91 Å². The van der Waals surface area contributed by atoms with Gasteiger partial charge in [0.05, 0.1) is 13.2 Å². The van der Waals surface area contributed by atoms with Gasteiger partial charge in [-0.1, -0.05) is 0 Å². The van der Waals surface area contributed by atoms with Gasteiger partial charge in [-0.25, -0.2) is 0 Å². The molecule has 1 fully saturated rings. The summed E-state index contributed by atoms with van der Waals surface area (Å²) >= 11 is 0. The van der Waals surface area contributed by atoms with Crippen molar-refractivity contribution in [3.8, 4) is 0 Å². The van der Waals surface area contributed by atoms with Crippen LogP contribution < -0.4 is 0 Å². The maximum absolute atomic E-state index is 10.7. The first-order chi connectivity index (χ1) is 4.30. The Balaban J connectivity index is 0. The quantitative estimate of drug-likeness (QED) is 0.578. The number of hydrogen-bond acceptors (Lipinski definition) is 2. The lowest BCUT2D eigenvalue weighted by Gasteiger charge is -2.25. The van der Waals surface area contributed by atoms with E-state index in [9.17, 15) is 4.79 Å². The molecule has 0 unspecified atom stereocenters. The summed E-state index contributed by atoms with van der Waals surface area (Å²) in [6.07, 6.45) is 0. The molecule has 1 heterocycles. The molecule has 68 valence electrons. The molecule has 0 aromatic carbocycles. The fourth-order valence-corrected chi connectivity index (χ4v) is 0.878. The Kier molecular flexibility index (Phi) is 8.28. The highest BCUT2D eigenvalue weighted by molar-refractivity contribution is 5.85. The summed E-state index contributed by atoms with van der Waals surface area (Å²) in [5, 5.41) is 0. The van der Waals surface area contributed by atoms with Crippen LogP contribution in [0.5, 0.6) is 0 Å². The molecule has 0 bridgehead atoms. The average Bonchev–Trinajstić information content (AvgIpc) is 1.90. The van der Waals surface area contributed by atoms with E-state index in [4.69, 9.17) is 4.74 Å². The standard InChI is InChI=1S/C6H11NO2.2ClH/c1-6(8)7-2-4-9-5-3-7;;/h2-5H2,1H3;2*1H. The van der Waals surface area contributed by atoms with E-state index in [1.54, 1.807) is 11.8 Å². The SMILES string of the molecule is CC(=O)N1CCOCC1.Cl.Cl. The van der Waals surface area contributed by atoms with Crippen molar-refractivity contribution in [3.05, 3.63) is 0 Å². The zero-order valence-electron chi connectivity index (χ0n) is 6.41. The Hall–Kier alpha value is 0.01000. The number of carbonyl (C=O) groups excluding carboxylic acids is 1.